The molecule has 2 bridgehead atoms. The van der Waals surface area contributed by atoms with Crippen LogP contribution in [0.2, 0.25) is 5.02 Å². The summed E-state index contributed by atoms with van der Waals surface area (Å²) in [6.45, 7) is 12.3. The molecule has 3 aliphatic heterocycles. The Kier molecular flexibility index (Phi) is 9.35. The molecule has 0 aromatic heterocycles. The molecule has 0 radical (unpaired) electrons. The van der Waals surface area contributed by atoms with E-state index in [0.29, 0.717) is 48.6 Å². The summed E-state index contributed by atoms with van der Waals surface area (Å²) in [6, 6.07) is 14.3. The average Bonchev–Trinajstić information content (AvgIpc) is 3.64. The summed E-state index contributed by atoms with van der Waals surface area (Å²) in [6.07, 6.45) is 5.55. The van der Waals surface area contributed by atoms with Crippen LogP contribution in [0.5, 0.6) is 0 Å². The molecule has 3 aliphatic rings. The zero-order valence-electron chi connectivity index (χ0n) is 25.5. The molecule has 1 spiro atoms. The van der Waals surface area contributed by atoms with Gasteiger partial charge in [-0.1, -0.05) is 80.1 Å². The Morgan fingerprint density at radius 1 is 1.07 bits per heavy atom. The van der Waals surface area contributed by atoms with Gasteiger partial charge < -0.3 is 24.5 Å². The molecule has 44 heavy (non-hydrogen) atoms. The molecule has 5 rings (SSSR count). The van der Waals surface area contributed by atoms with Crippen LogP contribution in [-0.2, 0) is 19.1 Å². The van der Waals surface area contributed by atoms with Crippen molar-refractivity contribution in [3.8, 4) is 0 Å². The minimum absolute atomic E-state index is 0.141. The highest BCUT2D eigenvalue weighted by molar-refractivity contribution is 6.34. The van der Waals surface area contributed by atoms with Gasteiger partial charge in [0.2, 0.25) is 11.8 Å². The van der Waals surface area contributed by atoms with Crippen molar-refractivity contribution >= 4 is 35.0 Å². The summed E-state index contributed by atoms with van der Waals surface area (Å²) in [5.41, 5.74) is -0.978. The number of ether oxygens (including phenoxy) is 1. The second-order valence-corrected chi connectivity index (χ2v) is 12.4. The lowest BCUT2D eigenvalue weighted by atomic mass is 9.64. The van der Waals surface area contributed by atoms with Crippen molar-refractivity contribution < 1.29 is 24.2 Å². The van der Waals surface area contributed by atoms with Gasteiger partial charge in [0, 0.05) is 19.6 Å². The van der Waals surface area contributed by atoms with Crippen molar-refractivity contribution in [1.82, 2.24) is 9.80 Å². The summed E-state index contributed by atoms with van der Waals surface area (Å²) in [5.74, 6) is -2.57. The van der Waals surface area contributed by atoms with Gasteiger partial charge in [0.15, 0.2) is 0 Å². The number of hydrogen-bond donors (Lipinski definition) is 1. The molecular formula is C35H42ClN3O5. The fraction of sp³-hybridized carbons (Fsp3) is 0.457. The number of aliphatic hydroxyl groups excluding tert-OH is 1. The zero-order valence-corrected chi connectivity index (χ0v) is 26.3. The first-order valence-electron chi connectivity index (χ1n) is 15.5. The molecule has 3 amide bonds. The van der Waals surface area contributed by atoms with E-state index >= 15 is 0 Å². The van der Waals surface area contributed by atoms with E-state index in [1.165, 1.54) is 9.80 Å². The molecule has 0 aliphatic carbocycles. The Balaban J connectivity index is 1.70. The lowest BCUT2D eigenvalue weighted by Gasteiger charge is -2.40. The topological polar surface area (TPSA) is 90.4 Å². The van der Waals surface area contributed by atoms with Crippen molar-refractivity contribution in [2.45, 2.75) is 62.8 Å². The predicted octanol–water partition coefficient (Wildman–Crippen LogP) is 5.17. The lowest BCUT2D eigenvalue weighted by Crippen LogP contribution is -2.57. The highest BCUT2D eigenvalue weighted by atomic mass is 35.5. The van der Waals surface area contributed by atoms with E-state index in [-0.39, 0.29) is 24.3 Å². The lowest BCUT2D eigenvalue weighted by molar-refractivity contribution is -0.153. The number of carbonyl (C=O) groups is 3. The van der Waals surface area contributed by atoms with Crippen LogP contribution in [0.25, 0.3) is 0 Å². The first kappa shape index (κ1) is 31.9. The normalized spacial score (nSPS) is 27.6. The fourth-order valence-corrected chi connectivity index (χ4v) is 8.08. The van der Waals surface area contributed by atoms with Crippen molar-refractivity contribution in [1.29, 1.82) is 0 Å². The third-order valence-electron chi connectivity index (χ3n) is 9.69. The first-order valence-corrected chi connectivity index (χ1v) is 15.9. The Labute approximate surface area is 264 Å². The Morgan fingerprint density at radius 2 is 1.75 bits per heavy atom. The molecule has 8 nitrogen and oxygen atoms in total. The summed E-state index contributed by atoms with van der Waals surface area (Å²) in [4.78, 5) is 49.1. The van der Waals surface area contributed by atoms with Crippen LogP contribution in [0.3, 0.4) is 0 Å². The second kappa shape index (κ2) is 12.9. The van der Waals surface area contributed by atoms with Gasteiger partial charge in [-0.25, -0.2) is 0 Å². The van der Waals surface area contributed by atoms with Crippen LogP contribution in [0.4, 0.5) is 5.69 Å². The maximum atomic E-state index is 15.0. The third kappa shape index (κ3) is 4.97. The summed E-state index contributed by atoms with van der Waals surface area (Å²) >= 11 is 6.61. The molecule has 3 fully saturated rings. The van der Waals surface area contributed by atoms with Crippen LogP contribution in [0.15, 0.2) is 79.9 Å². The number of fused-ring (bicyclic) bond motifs is 1. The van der Waals surface area contributed by atoms with Crippen LogP contribution in [0, 0.1) is 11.8 Å². The van der Waals surface area contributed by atoms with Gasteiger partial charge in [-0.05, 0) is 43.4 Å². The van der Waals surface area contributed by atoms with Crippen LogP contribution < -0.4 is 4.90 Å². The highest BCUT2D eigenvalue weighted by Crippen LogP contribution is 2.65. The Morgan fingerprint density at radius 3 is 2.36 bits per heavy atom. The number of amides is 3. The molecule has 3 heterocycles. The number of aliphatic hydroxyl groups is 1. The van der Waals surface area contributed by atoms with Gasteiger partial charge in [-0.3, -0.25) is 14.4 Å². The zero-order chi connectivity index (χ0) is 31.6. The monoisotopic (exact) mass is 619 g/mol. The minimum atomic E-state index is -1.26. The van der Waals surface area contributed by atoms with E-state index in [4.69, 9.17) is 16.3 Å². The van der Waals surface area contributed by atoms with E-state index < -0.39 is 41.7 Å². The Bertz CT molecular complexity index is 1420. The van der Waals surface area contributed by atoms with Crippen LogP contribution in [-0.4, -0.2) is 76.1 Å². The summed E-state index contributed by atoms with van der Waals surface area (Å²) in [5, 5.41) is 11.2. The van der Waals surface area contributed by atoms with E-state index in [2.05, 4.69) is 13.2 Å². The number of carbonyl (C=O) groups excluding carboxylic acids is 3. The smallest absolute Gasteiger partial charge is 0.253 e. The Hall–Kier alpha value is -3.46. The number of hydrogen-bond acceptors (Lipinski definition) is 5. The van der Waals surface area contributed by atoms with E-state index in [0.717, 1.165) is 6.42 Å². The quantitative estimate of drug-likeness (QED) is 0.313. The van der Waals surface area contributed by atoms with Gasteiger partial charge in [0.05, 0.1) is 40.8 Å². The van der Waals surface area contributed by atoms with Gasteiger partial charge in [0.1, 0.15) is 11.6 Å². The number of nitrogens with zero attached hydrogens (tertiary/aromatic N) is 3. The number of para-hydroxylation sites is 1. The molecule has 234 valence electrons. The molecule has 3 saturated heterocycles. The van der Waals surface area contributed by atoms with Crippen molar-refractivity contribution in [3.05, 3.63) is 90.5 Å². The van der Waals surface area contributed by atoms with Crippen molar-refractivity contribution in [2.24, 2.45) is 11.8 Å². The molecule has 0 saturated carbocycles. The summed E-state index contributed by atoms with van der Waals surface area (Å²) < 4.78 is 7.00. The fourth-order valence-electron chi connectivity index (χ4n) is 7.84. The molecule has 6 atom stereocenters. The van der Waals surface area contributed by atoms with Crippen molar-refractivity contribution in [3.63, 3.8) is 0 Å². The average molecular weight is 620 g/mol. The molecule has 1 N–H and O–H groups in total. The highest BCUT2D eigenvalue weighted by Gasteiger charge is 2.79. The molecule has 2 unspecified atom stereocenters. The molecule has 2 aromatic rings. The number of rotatable bonds is 13. The molecule has 2 aromatic carbocycles. The predicted molar refractivity (Wildman–Crippen MR) is 171 cm³/mol. The van der Waals surface area contributed by atoms with Gasteiger partial charge >= 0.3 is 0 Å². The van der Waals surface area contributed by atoms with Crippen LogP contribution in [0.1, 0.15) is 51.1 Å². The number of halogens is 1. The van der Waals surface area contributed by atoms with Crippen LogP contribution >= 0.6 is 11.6 Å². The SMILES string of the molecule is C=CCN(CCC)C(=O)[C@H]1[C@H]2C(=O)N([C@H](CO)c3ccccc3)C(C(=O)N(CC=C)c3ccccc3Cl)C23CC[C@]1(CC)O3. The molecule has 9 heteroatoms. The van der Waals surface area contributed by atoms with E-state index in [1.54, 1.807) is 41.3 Å². The maximum Gasteiger partial charge on any atom is 0.253 e. The second-order valence-electron chi connectivity index (χ2n) is 11.9. The van der Waals surface area contributed by atoms with Gasteiger partial charge in [-0.2, -0.15) is 0 Å². The van der Waals surface area contributed by atoms with Crippen molar-refractivity contribution in [2.75, 3.05) is 31.1 Å². The number of likely N-dealkylation sites (tertiary alicyclic amines) is 1. The summed E-state index contributed by atoms with van der Waals surface area (Å²) in [7, 11) is 0. The third-order valence-corrected chi connectivity index (χ3v) is 10.0. The van der Waals surface area contributed by atoms with E-state index in [9.17, 15) is 19.5 Å². The number of benzene rings is 2. The van der Waals surface area contributed by atoms with Gasteiger partial charge in [0.25, 0.3) is 5.91 Å². The number of anilines is 1. The van der Waals surface area contributed by atoms with Gasteiger partial charge in [-0.15, -0.1) is 13.2 Å². The van der Waals surface area contributed by atoms with E-state index in [1.807, 2.05) is 44.2 Å². The maximum absolute atomic E-state index is 15.0. The first-order chi connectivity index (χ1) is 21.2. The largest absolute Gasteiger partial charge is 0.394 e. The minimum Gasteiger partial charge on any atom is -0.394 e. The standard InChI is InChI=1S/C35H42ClN3O5/c1-5-20-37(21-6-2)31(41)28-29-32(42)39(27(23-40)24-14-10-9-11-15-24)30(35(29)19-18-34(28,8-4)44-35)33(43)38(22-7-3)26-17-13-12-16-25(26)36/h5,7,9-17,27-30,40H,1,3,6,8,18-23H2,2,4H3/t27-,28-,29+,30?,34+,35?/m1/s1. The molecular weight excluding hydrogens is 578 g/mol.